The summed E-state index contributed by atoms with van der Waals surface area (Å²) in [6, 6.07) is 15.4. The molecule has 1 aliphatic rings. The average Bonchev–Trinajstić information content (AvgIpc) is 3.24. The van der Waals surface area contributed by atoms with Gasteiger partial charge in [-0.2, -0.15) is 0 Å². The molecule has 1 aliphatic heterocycles. The highest BCUT2D eigenvalue weighted by Gasteiger charge is 2.27. The van der Waals surface area contributed by atoms with E-state index in [-0.39, 0.29) is 35.2 Å². The van der Waals surface area contributed by atoms with Crippen molar-refractivity contribution in [3.8, 4) is 5.69 Å². The van der Waals surface area contributed by atoms with Crippen molar-refractivity contribution in [2.24, 2.45) is 0 Å². The molecular formula is C32H42N2O7. The molecule has 3 aromatic rings. The number of nitrogens with zero attached hydrogens (tertiary/aromatic N) is 2. The van der Waals surface area contributed by atoms with Crippen molar-refractivity contribution in [1.29, 1.82) is 0 Å². The molecule has 9 heteroatoms. The van der Waals surface area contributed by atoms with Crippen LogP contribution < -0.4 is 0 Å². The summed E-state index contributed by atoms with van der Waals surface area (Å²) in [5.74, 6) is -2.02. The number of aliphatic hydroxyl groups excluding tert-OH is 2. The molecule has 2 aromatic carbocycles. The minimum Gasteiger partial charge on any atom is -0.478 e. The van der Waals surface area contributed by atoms with Crippen molar-refractivity contribution in [3.63, 3.8) is 0 Å². The molecule has 4 rings (SSSR count). The molecule has 4 N–H and O–H groups in total. The zero-order valence-corrected chi connectivity index (χ0v) is 24.7. The summed E-state index contributed by atoms with van der Waals surface area (Å²) in [7, 11) is 0. The van der Waals surface area contributed by atoms with Crippen molar-refractivity contribution in [1.82, 2.24) is 9.47 Å². The molecule has 0 bridgehead atoms. The van der Waals surface area contributed by atoms with Crippen LogP contribution in [0.3, 0.4) is 0 Å². The fourth-order valence-electron chi connectivity index (χ4n) is 4.59. The number of aliphatic hydroxyl groups is 2. The van der Waals surface area contributed by atoms with Gasteiger partial charge >= 0.3 is 11.9 Å². The Balaban J connectivity index is 0.000000653. The topological polar surface area (TPSA) is 140 Å². The van der Waals surface area contributed by atoms with E-state index in [2.05, 4.69) is 0 Å². The van der Waals surface area contributed by atoms with Gasteiger partial charge < -0.3 is 29.9 Å². The van der Waals surface area contributed by atoms with Gasteiger partial charge in [0.2, 0.25) is 0 Å². The van der Waals surface area contributed by atoms with E-state index in [1.807, 2.05) is 42.7 Å². The number of rotatable bonds is 5. The Morgan fingerprint density at radius 3 is 1.78 bits per heavy atom. The summed E-state index contributed by atoms with van der Waals surface area (Å²) >= 11 is 0. The Morgan fingerprint density at radius 2 is 1.29 bits per heavy atom. The van der Waals surface area contributed by atoms with Crippen LogP contribution in [0.15, 0.2) is 54.6 Å². The number of carbonyl (C=O) groups is 3. The van der Waals surface area contributed by atoms with E-state index in [0.717, 1.165) is 29.8 Å². The van der Waals surface area contributed by atoms with Gasteiger partial charge in [-0.25, -0.2) is 9.59 Å². The predicted molar refractivity (Wildman–Crippen MR) is 158 cm³/mol. The van der Waals surface area contributed by atoms with E-state index in [1.165, 1.54) is 6.07 Å². The lowest BCUT2D eigenvalue weighted by Gasteiger charge is -2.33. The monoisotopic (exact) mass is 566 g/mol. The van der Waals surface area contributed by atoms with Crippen molar-refractivity contribution in [2.75, 3.05) is 13.1 Å². The second-order valence-corrected chi connectivity index (χ2v) is 10.7. The van der Waals surface area contributed by atoms with Crippen LogP contribution in [0.4, 0.5) is 0 Å². The second-order valence-electron chi connectivity index (χ2n) is 10.7. The van der Waals surface area contributed by atoms with E-state index < -0.39 is 11.9 Å². The number of aromatic nitrogens is 1. The molecule has 0 aliphatic carbocycles. The minimum atomic E-state index is -1.04. The maximum Gasteiger partial charge on any atom is 0.337 e. The van der Waals surface area contributed by atoms with E-state index in [9.17, 15) is 19.5 Å². The van der Waals surface area contributed by atoms with E-state index in [4.69, 9.17) is 15.3 Å². The number of hydrogen-bond donors (Lipinski definition) is 4. The lowest BCUT2D eigenvalue weighted by atomic mass is 9.89. The summed E-state index contributed by atoms with van der Waals surface area (Å²) < 4.78 is 1.85. The van der Waals surface area contributed by atoms with Crippen LogP contribution in [0.5, 0.6) is 0 Å². The van der Waals surface area contributed by atoms with Crippen LogP contribution in [0.1, 0.15) is 94.5 Å². The Kier molecular flexibility index (Phi) is 12.3. The summed E-state index contributed by atoms with van der Waals surface area (Å²) in [5.41, 5.74) is 4.10. The summed E-state index contributed by atoms with van der Waals surface area (Å²) in [5, 5.41) is 34.9. The zero-order valence-electron chi connectivity index (χ0n) is 24.7. The Hall–Kier alpha value is -3.95. The molecule has 1 saturated heterocycles. The van der Waals surface area contributed by atoms with E-state index in [1.54, 1.807) is 56.9 Å². The fourth-order valence-corrected chi connectivity index (χ4v) is 4.59. The maximum atomic E-state index is 13.4. The number of carbonyl (C=O) groups excluding carboxylic acids is 1. The largest absolute Gasteiger partial charge is 0.478 e. The number of piperidine rings is 1. The first kappa shape index (κ1) is 33.3. The van der Waals surface area contributed by atoms with Crippen LogP contribution in [-0.4, -0.2) is 73.0 Å². The standard InChI is InChI=1S/C26H26N2O5.2C3H8O/c1-16-5-6-17(2)28(16)23-14-20(11-12-22(23)26(32)33)24(29)27-13-3-4-21(15-27)18-7-9-19(10-8-18)25(30)31;2*1-3(2)4/h5-12,14,21H,3-4,13,15H2,1-2H3,(H,30,31)(H,32,33);2*3-4H,1-2H3. The number of carboxylic acids is 2. The van der Waals surface area contributed by atoms with Gasteiger partial charge in [-0.15, -0.1) is 0 Å². The van der Waals surface area contributed by atoms with Crippen molar-refractivity contribution in [3.05, 3.63) is 88.2 Å². The highest BCUT2D eigenvalue weighted by atomic mass is 16.4. The molecule has 1 atom stereocenters. The highest BCUT2D eigenvalue weighted by Crippen LogP contribution is 2.29. The molecule has 1 unspecified atom stereocenters. The molecule has 0 radical (unpaired) electrons. The number of likely N-dealkylation sites (tertiary alicyclic amines) is 1. The quantitative estimate of drug-likeness (QED) is 0.329. The highest BCUT2D eigenvalue weighted by molar-refractivity contribution is 5.98. The molecule has 1 amide bonds. The Labute approximate surface area is 241 Å². The minimum absolute atomic E-state index is 0.122. The summed E-state index contributed by atoms with van der Waals surface area (Å²) in [4.78, 5) is 38.1. The van der Waals surface area contributed by atoms with Crippen LogP contribution >= 0.6 is 0 Å². The van der Waals surface area contributed by atoms with Gasteiger partial charge in [0.25, 0.3) is 5.91 Å². The zero-order chi connectivity index (χ0) is 30.9. The smallest absolute Gasteiger partial charge is 0.337 e. The normalized spacial score (nSPS) is 14.6. The number of benzene rings is 2. The predicted octanol–water partition coefficient (Wildman–Crippen LogP) is 5.28. The third kappa shape index (κ3) is 9.58. The van der Waals surface area contributed by atoms with Crippen LogP contribution in [-0.2, 0) is 0 Å². The third-order valence-electron chi connectivity index (χ3n) is 6.32. The Bertz CT molecular complexity index is 1300. The van der Waals surface area contributed by atoms with Crippen molar-refractivity contribution >= 4 is 17.8 Å². The first-order valence-electron chi connectivity index (χ1n) is 13.7. The lowest BCUT2D eigenvalue weighted by molar-refractivity contribution is 0.0684. The Morgan fingerprint density at radius 1 is 0.780 bits per heavy atom. The molecule has 222 valence electrons. The maximum absolute atomic E-state index is 13.4. The van der Waals surface area contributed by atoms with Crippen LogP contribution in [0, 0.1) is 13.8 Å². The first-order valence-corrected chi connectivity index (χ1v) is 13.7. The molecule has 1 aromatic heterocycles. The molecule has 0 spiro atoms. The second kappa shape index (κ2) is 15.2. The SMILES string of the molecule is CC(C)O.CC(C)O.Cc1ccc(C)n1-c1cc(C(=O)N2CCCC(c3ccc(C(=O)O)cc3)C2)ccc1C(=O)O. The number of carboxylic acid groups (broad SMARTS) is 2. The van der Waals surface area contributed by atoms with E-state index in [0.29, 0.717) is 24.3 Å². The summed E-state index contributed by atoms with van der Waals surface area (Å²) in [6.45, 7) is 11.8. The first-order chi connectivity index (χ1) is 19.2. The van der Waals surface area contributed by atoms with Gasteiger partial charge in [0.15, 0.2) is 0 Å². The lowest BCUT2D eigenvalue weighted by Crippen LogP contribution is -2.39. The molecule has 2 heterocycles. The van der Waals surface area contributed by atoms with Gasteiger partial charge in [-0.05, 0) is 102 Å². The van der Waals surface area contributed by atoms with Crippen LogP contribution in [0.2, 0.25) is 0 Å². The van der Waals surface area contributed by atoms with Crippen molar-refractivity contribution in [2.45, 2.75) is 72.5 Å². The number of amides is 1. The molecule has 0 saturated carbocycles. The van der Waals surface area contributed by atoms with Crippen molar-refractivity contribution < 1.29 is 34.8 Å². The number of aryl methyl sites for hydroxylation is 2. The van der Waals surface area contributed by atoms with E-state index >= 15 is 0 Å². The molecular weight excluding hydrogens is 524 g/mol. The fraction of sp³-hybridized carbons (Fsp3) is 0.406. The van der Waals surface area contributed by atoms with Gasteiger partial charge in [-0.3, -0.25) is 4.79 Å². The number of aromatic carboxylic acids is 2. The molecule has 41 heavy (non-hydrogen) atoms. The van der Waals surface area contributed by atoms with Gasteiger partial charge in [0.05, 0.1) is 16.8 Å². The van der Waals surface area contributed by atoms with Gasteiger partial charge in [-0.1, -0.05) is 12.1 Å². The molecule has 9 nitrogen and oxygen atoms in total. The van der Waals surface area contributed by atoms with Crippen LogP contribution in [0.25, 0.3) is 5.69 Å². The average molecular weight is 567 g/mol. The van der Waals surface area contributed by atoms with Gasteiger partial charge in [0, 0.05) is 48.2 Å². The summed E-state index contributed by atoms with van der Waals surface area (Å²) in [6.07, 6.45) is 1.42. The van der Waals surface area contributed by atoms with Gasteiger partial charge in [0.1, 0.15) is 0 Å². The number of hydrogen-bond acceptors (Lipinski definition) is 5. The molecule has 1 fully saturated rings. The third-order valence-corrected chi connectivity index (χ3v) is 6.32.